The highest BCUT2D eigenvalue weighted by Gasteiger charge is 2.29. The normalized spacial score (nSPS) is 11.6. The number of carbonyl (C=O) groups excluding carboxylic acids is 2. The van der Waals surface area contributed by atoms with E-state index in [1.165, 1.54) is 0 Å². The fraction of sp³-hybridized carbons (Fsp3) is 0.440. The Morgan fingerprint density at radius 1 is 1.00 bits per heavy atom. The second-order valence-corrected chi connectivity index (χ2v) is 7.65. The van der Waals surface area contributed by atoms with E-state index in [1.54, 1.807) is 4.90 Å². The van der Waals surface area contributed by atoms with Gasteiger partial charge in [0.25, 0.3) is 5.91 Å². The number of hydrogen-bond acceptors (Lipinski definition) is 3. The van der Waals surface area contributed by atoms with Crippen molar-refractivity contribution in [3.05, 3.63) is 64.7 Å². The SMILES string of the molecule is CCCNC(=O)C(CC)N(Cc1ccccc1C)C(=O)COc1cccc(C)c1C. The van der Waals surface area contributed by atoms with Crippen LogP contribution in [0.15, 0.2) is 42.5 Å². The lowest BCUT2D eigenvalue weighted by molar-refractivity contribution is -0.143. The first-order valence-electron chi connectivity index (χ1n) is 10.7. The van der Waals surface area contributed by atoms with E-state index in [9.17, 15) is 9.59 Å². The predicted molar refractivity (Wildman–Crippen MR) is 121 cm³/mol. The number of aryl methyl sites for hydroxylation is 2. The van der Waals surface area contributed by atoms with Crippen LogP contribution in [0.2, 0.25) is 0 Å². The first kappa shape index (κ1) is 23.5. The van der Waals surface area contributed by atoms with Gasteiger partial charge >= 0.3 is 0 Å². The molecule has 0 bridgehead atoms. The van der Waals surface area contributed by atoms with Gasteiger partial charge in [-0.05, 0) is 61.9 Å². The summed E-state index contributed by atoms with van der Waals surface area (Å²) in [5, 5.41) is 2.94. The van der Waals surface area contributed by atoms with E-state index in [-0.39, 0.29) is 18.4 Å². The zero-order valence-corrected chi connectivity index (χ0v) is 18.8. The molecule has 0 spiro atoms. The van der Waals surface area contributed by atoms with Crippen molar-refractivity contribution in [1.29, 1.82) is 0 Å². The molecule has 0 saturated heterocycles. The minimum Gasteiger partial charge on any atom is -0.483 e. The lowest BCUT2D eigenvalue weighted by Gasteiger charge is -2.31. The quantitative estimate of drug-likeness (QED) is 0.634. The largest absolute Gasteiger partial charge is 0.483 e. The van der Waals surface area contributed by atoms with Crippen molar-refractivity contribution in [3.63, 3.8) is 0 Å². The Bertz CT molecular complexity index is 863. The van der Waals surface area contributed by atoms with E-state index in [1.807, 2.05) is 77.1 Å². The maximum Gasteiger partial charge on any atom is 0.261 e. The monoisotopic (exact) mass is 410 g/mol. The summed E-state index contributed by atoms with van der Waals surface area (Å²) in [7, 11) is 0. The zero-order valence-electron chi connectivity index (χ0n) is 18.8. The number of rotatable bonds is 10. The number of carbonyl (C=O) groups is 2. The number of amides is 2. The Morgan fingerprint density at radius 2 is 1.70 bits per heavy atom. The van der Waals surface area contributed by atoms with Crippen LogP contribution in [-0.2, 0) is 16.1 Å². The van der Waals surface area contributed by atoms with Gasteiger partial charge in [-0.1, -0.05) is 50.2 Å². The third-order valence-corrected chi connectivity index (χ3v) is 5.44. The molecule has 2 aromatic carbocycles. The standard InChI is InChI=1S/C25H34N2O3/c1-6-15-26-25(29)22(7-2)27(16-21-13-9-8-11-19(21)4)24(28)17-30-23-14-10-12-18(3)20(23)5/h8-14,22H,6-7,15-17H2,1-5H3,(H,26,29). The molecule has 2 rings (SSSR count). The van der Waals surface area contributed by atoms with E-state index in [2.05, 4.69) is 5.32 Å². The van der Waals surface area contributed by atoms with Gasteiger partial charge in [-0.15, -0.1) is 0 Å². The van der Waals surface area contributed by atoms with Gasteiger partial charge < -0.3 is 15.0 Å². The summed E-state index contributed by atoms with van der Waals surface area (Å²) in [6.07, 6.45) is 1.39. The fourth-order valence-corrected chi connectivity index (χ4v) is 3.36. The molecule has 2 aromatic rings. The highest BCUT2D eigenvalue weighted by molar-refractivity contribution is 5.88. The smallest absolute Gasteiger partial charge is 0.261 e. The van der Waals surface area contributed by atoms with E-state index >= 15 is 0 Å². The minimum atomic E-state index is -0.536. The van der Waals surface area contributed by atoms with Gasteiger partial charge in [0, 0.05) is 13.1 Å². The van der Waals surface area contributed by atoms with Gasteiger partial charge in [0.2, 0.25) is 5.91 Å². The number of nitrogens with zero attached hydrogens (tertiary/aromatic N) is 1. The minimum absolute atomic E-state index is 0.103. The van der Waals surface area contributed by atoms with Crippen LogP contribution in [0.5, 0.6) is 5.75 Å². The van der Waals surface area contributed by atoms with E-state index in [0.717, 1.165) is 28.7 Å². The van der Waals surface area contributed by atoms with Gasteiger partial charge in [0.1, 0.15) is 11.8 Å². The van der Waals surface area contributed by atoms with Gasteiger partial charge in [0.05, 0.1) is 0 Å². The summed E-state index contributed by atoms with van der Waals surface area (Å²) < 4.78 is 5.86. The predicted octanol–water partition coefficient (Wildman–Crippen LogP) is 4.32. The summed E-state index contributed by atoms with van der Waals surface area (Å²) in [6.45, 7) is 10.8. The molecule has 1 N–H and O–H groups in total. The van der Waals surface area contributed by atoms with Crippen molar-refractivity contribution in [1.82, 2.24) is 10.2 Å². The van der Waals surface area contributed by atoms with Gasteiger partial charge in [-0.3, -0.25) is 9.59 Å². The van der Waals surface area contributed by atoms with Crippen molar-refractivity contribution in [3.8, 4) is 5.75 Å². The maximum atomic E-state index is 13.2. The van der Waals surface area contributed by atoms with Crippen LogP contribution in [0, 0.1) is 20.8 Å². The maximum absolute atomic E-state index is 13.2. The molecule has 5 heteroatoms. The third-order valence-electron chi connectivity index (χ3n) is 5.44. The molecule has 0 aromatic heterocycles. The van der Waals surface area contributed by atoms with Crippen LogP contribution >= 0.6 is 0 Å². The Hall–Kier alpha value is -2.82. The highest BCUT2D eigenvalue weighted by atomic mass is 16.5. The summed E-state index contributed by atoms with van der Waals surface area (Å²) in [5.41, 5.74) is 4.25. The van der Waals surface area contributed by atoms with Crippen LogP contribution in [0.4, 0.5) is 0 Å². The molecule has 2 amide bonds. The molecule has 0 aliphatic rings. The second-order valence-electron chi connectivity index (χ2n) is 7.65. The van der Waals surface area contributed by atoms with Crippen LogP contribution in [-0.4, -0.2) is 35.9 Å². The first-order chi connectivity index (χ1) is 14.4. The zero-order chi connectivity index (χ0) is 22.1. The molecule has 0 aliphatic carbocycles. The van der Waals surface area contributed by atoms with E-state index < -0.39 is 6.04 Å². The first-order valence-corrected chi connectivity index (χ1v) is 10.7. The van der Waals surface area contributed by atoms with Gasteiger partial charge in [-0.2, -0.15) is 0 Å². The summed E-state index contributed by atoms with van der Waals surface area (Å²) >= 11 is 0. The van der Waals surface area contributed by atoms with E-state index in [4.69, 9.17) is 4.74 Å². The Kier molecular flexibility index (Phi) is 8.90. The van der Waals surface area contributed by atoms with Crippen molar-refractivity contribution in [2.45, 2.75) is 60.0 Å². The molecule has 0 heterocycles. The molecule has 30 heavy (non-hydrogen) atoms. The molecule has 0 radical (unpaired) electrons. The fourth-order valence-electron chi connectivity index (χ4n) is 3.36. The van der Waals surface area contributed by atoms with Crippen LogP contribution in [0.25, 0.3) is 0 Å². The molecule has 0 aliphatic heterocycles. The van der Waals surface area contributed by atoms with Crippen LogP contribution < -0.4 is 10.1 Å². The molecular formula is C25H34N2O3. The average molecular weight is 411 g/mol. The molecule has 0 fully saturated rings. The lowest BCUT2D eigenvalue weighted by Crippen LogP contribution is -2.50. The number of ether oxygens (including phenoxy) is 1. The molecule has 1 atom stereocenters. The summed E-state index contributed by atoms with van der Waals surface area (Å²) in [6, 6.07) is 13.2. The Labute approximate surface area is 180 Å². The van der Waals surface area contributed by atoms with Gasteiger partial charge in [0.15, 0.2) is 6.61 Å². The van der Waals surface area contributed by atoms with Crippen molar-refractivity contribution >= 4 is 11.8 Å². The van der Waals surface area contributed by atoms with Crippen molar-refractivity contribution in [2.24, 2.45) is 0 Å². The van der Waals surface area contributed by atoms with Crippen LogP contribution in [0.1, 0.15) is 48.9 Å². The number of nitrogens with one attached hydrogen (secondary N) is 1. The molecular weight excluding hydrogens is 376 g/mol. The van der Waals surface area contributed by atoms with Gasteiger partial charge in [-0.25, -0.2) is 0 Å². The Morgan fingerprint density at radius 3 is 2.37 bits per heavy atom. The lowest BCUT2D eigenvalue weighted by atomic mass is 10.1. The molecule has 162 valence electrons. The van der Waals surface area contributed by atoms with Crippen molar-refractivity contribution < 1.29 is 14.3 Å². The van der Waals surface area contributed by atoms with E-state index in [0.29, 0.717) is 25.3 Å². The summed E-state index contributed by atoms with van der Waals surface area (Å²) in [5.74, 6) is 0.383. The summed E-state index contributed by atoms with van der Waals surface area (Å²) in [4.78, 5) is 27.7. The molecule has 5 nitrogen and oxygen atoms in total. The molecule has 0 saturated carbocycles. The second kappa shape index (κ2) is 11.4. The average Bonchev–Trinajstić information content (AvgIpc) is 2.74. The van der Waals surface area contributed by atoms with Crippen molar-refractivity contribution in [2.75, 3.05) is 13.2 Å². The number of hydrogen-bond donors (Lipinski definition) is 1. The highest BCUT2D eigenvalue weighted by Crippen LogP contribution is 2.21. The van der Waals surface area contributed by atoms with Crippen LogP contribution in [0.3, 0.4) is 0 Å². The third kappa shape index (κ3) is 6.09. The topological polar surface area (TPSA) is 58.6 Å². The number of benzene rings is 2. The molecule has 1 unspecified atom stereocenters. The Balaban J connectivity index is 2.24.